The number of benzene rings is 2. The zero-order valence-corrected chi connectivity index (χ0v) is 20.4. The summed E-state index contributed by atoms with van der Waals surface area (Å²) in [5.74, 6) is 0.268. The molecule has 1 heterocycles. The minimum absolute atomic E-state index is 0.00798. The van der Waals surface area contributed by atoms with Crippen molar-refractivity contribution in [2.24, 2.45) is 0 Å². The minimum Gasteiger partial charge on any atom is -0.497 e. The number of nitrogens with one attached hydrogen (secondary N) is 1. The Morgan fingerprint density at radius 3 is 2.47 bits per heavy atom. The first-order chi connectivity index (χ1) is 16.3. The van der Waals surface area contributed by atoms with Gasteiger partial charge in [0, 0.05) is 18.2 Å². The highest BCUT2D eigenvalue weighted by Crippen LogP contribution is 2.30. The van der Waals surface area contributed by atoms with Crippen LogP contribution in [0.15, 0.2) is 53.7 Å². The van der Waals surface area contributed by atoms with Gasteiger partial charge < -0.3 is 15.0 Å². The Hall–Kier alpha value is -3.40. The minimum atomic E-state index is -0.439. The Morgan fingerprint density at radius 2 is 1.85 bits per heavy atom. The van der Waals surface area contributed by atoms with Crippen LogP contribution in [0.25, 0.3) is 17.1 Å². The molecule has 0 radical (unpaired) electrons. The highest BCUT2D eigenvalue weighted by molar-refractivity contribution is 7.99. The summed E-state index contributed by atoms with van der Waals surface area (Å²) in [4.78, 5) is 26.4. The molecule has 34 heavy (non-hydrogen) atoms. The van der Waals surface area contributed by atoms with Crippen molar-refractivity contribution in [3.63, 3.8) is 0 Å². The van der Waals surface area contributed by atoms with Crippen molar-refractivity contribution >= 4 is 23.6 Å². The van der Waals surface area contributed by atoms with Gasteiger partial charge in [-0.1, -0.05) is 23.9 Å². The number of nitrogens with zero attached hydrogens (tertiary/aromatic N) is 4. The van der Waals surface area contributed by atoms with Crippen LogP contribution < -0.4 is 10.1 Å². The van der Waals surface area contributed by atoms with E-state index in [1.807, 2.05) is 32.9 Å². The SMILES string of the molecule is CCN(CC(=O)NC(C)C)C(=O)CSc1nnc(-c2ccc(OC)cc2)n1-c1ccccc1F. The fourth-order valence-electron chi connectivity index (χ4n) is 3.28. The molecule has 180 valence electrons. The largest absolute Gasteiger partial charge is 0.497 e. The predicted molar refractivity (Wildman–Crippen MR) is 130 cm³/mol. The topological polar surface area (TPSA) is 89.3 Å². The first-order valence-corrected chi connectivity index (χ1v) is 11.9. The van der Waals surface area contributed by atoms with Crippen LogP contribution in [0.3, 0.4) is 0 Å². The molecule has 0 spiro atoms. The van der Waals surface area contributed by atoms with Gasteiger partial charge >= 0.3 is 0 Å². The molecule has 0 atom stereocenters. The molecule has 3 rings (SSSR count). The number of methoxy groups -OCH3 is 1. The normalized spacial score (nSPS) is 10.9. The Balaban J connectivity index is 1.86. The van der Waals surface area contributed by atoms with Crippen LogP contribution in [0.2, 0.25) is 0 Å². The van der Waals surface area contributed by atoms with E-state index in [0.717, 1.165) is 17.3 Å². The predicted octanol–water partition coefficient (Wildman–Crippen LogP) is 3.55. The third-order valence-corrected chi connectivity index (χ3v) is 5.83. The van der Waals surface area contributed by atoms with Crippen molar-refractivity contribution in [2.45, 2.75) is 32.0 Å². The summed E-state index contributed by atoms with van der Waals surface area (Å²) in [6, 6.07) is 13.5. The van der Waals surface area contributed by atoms with Crippen LogP contribution >= 0.6 is 11.8 Å². The fourth-order valence-corrected chi connectivity index (χ4v) is 4.12. The number of hydrogen-bond donors (Lipinski definition) is 1. The Bertz CT molecular complexity index is 1130. The van der Waals surface area contributed by atoms with Gasteiger partial charge in [-0.25, -0.2) is 4.39 Å². The van der Waals surface area contributed by atoms with Gasteiger partial charge in [0.2, 0.25) is 11.8 Å². The maximum atomic E-state index is 14.8. The fraction of sp³-hybridized carbons (Fsp3) is 0.333. The summed E-state index contributed by atoms with van der Waals surface area (Å²) in [6.07, 6.45) is 0. The van der Waals surface area contributed by atoms with Gasteiger partial charge in [-0.3, -0.25) is 14.2 Å². The second-order valence-corrected chi connectivity index (χ2v) is 8.68. The molecule has 0 aliphatic carbocycles. The molecule has 1 aromatic heterocycles. The van der Waals surface area contributed by atoms with Gasteiger partial charge in [0.1, 0.15) is 11.6 Å². The van der Waals surface area contributed by atoms with Gasteiger partial charge in [-0.2, -0.15) is 0 Å². The molecule has 0 unspecified atom stereocenters. The number of halogens is 1. The molecule has 0 aliphatic heterocycles. The lowest BCUT2D eigenvalue weighted by Gasteiger charge is -2.21. The zero-order chi connectivity index (χ0) is 24.7. The molecule has 3 aromatic rings. The van der Waals surface area contributed by atoms with E-state index in [1.54, 1.807) is 42.0 Å². The smallest absolute Gasteiger partial charge is 0.239 e. The maximum Gasteiger partial charge on any atom is 0.239 e. The molecular formula is C24H28FN5O3S. The van der Waals surface area contributed by atoms with Crippen molar-refractivity contribution < 1.29 is 18.7 Å². The van der Waals surface area contributed by atoms with Crippen molar-refractivity contribution in [2.75, 3.05) is 26.0 Å². The van der Waals surface area contributed by atoms with Crippen molar-refractivity contribution in [1.29, 1.82) is 0 Å². The molecule has 0 saturated carbocycles. The summed E-state index contributed by atoms with van der Waals surface area (Å²) in [5, 5.41) is 11.7. The molecule has 0 aliphatic rings. The Kier molecular flexibility index (Phi) is 8.64. The van der Waals surface area contributed by atoms with E-state index in [-0.39, 0.29) is 35.8 Å². The van der Waals surface area contributed by atoms with Crippen LogP contribution in [0, 0.1) is 5.82 Å². The van der Waals surface area contributed by atoms with Gasteiger partial charge in [0.25, 0.3) is 0 Å². The first kappa shape index (κ1) is 25.2. The number of ether oxygens (including phenoxy) is 1. The molecule has 2 aromatic carbocycles. The first-order valence-electron chi connectivity index (χ1n) is 10.9. The summed E-state index contributed by atoms with van der Waals surface area (Å²) < 4.78 is 21.6. The third kappa shape index (κ3) is 6.13. The number of likely N-dealkylation sites (N-methyl/N-ethyl adjacent to an activating group) is 1. The van der Waals surface area contributed by atoms with E-state index < -0.39 is 5.82 Å². The van der Waals surface area contributed by atoms with Crippen molar-refractivity contribution in [1.82, 2.24) is 25.0 Å². The number of carbonyl (C=O) groups is 2. The van der Waals surface area contributed by atoms with E-state index in [1.165, 1.54) is 11.0 Å². The molecular weight excluding hydrogens is 457 g/mol. The van der Waals surface area contributed by atoms with E-state index in [0.29, 0.717) is 23.3 Å². The summed E-state index contributed by atoms with van der Waals surface area (Å²) in [7, 11) is 1.58. The van der Waals surface area contributed by atoms with E-state index in [4.69, 9.17) is 4.74 Å². The number of para-hydroxylation sites is 1. The number of carbonyl (C=O) groups excluding carboxylic acids is 2. The second kappa shape index (κ2) is 11.6. The molecule has 0 saturated heterocycles. The van der Waals surface area contributed by atoms with Crippen LogP contribution in [0.4, 0.5) is 4.39 Å². The Labute approximate surface area is 202 Å². The number of rotatable bonds is 10. The lowest BCUT2D eigenvalue weighted by molar-refractivity contribution is -0.134. The third-order valence-electron chi connectivity index (χ3n) is 4.92. The number of aromatic nitrogens is 3. The second-order valence-electron chi connectivity index (χ2n) is 7.74. The summed E-state index contributed by atoms with van der Waals surface area (Å²) >= 11 is 1.14. The van der Waals surface area contributed by atoms with Crippen LogP contribution in [0.1, 0.15) is 20.8 Å². The van der Waals surface area contributed by atoms with Crippen LogP contribution in [-0.4, -0.2) is 63.5 Å². The average molecular weight is 486 g/mol. The standard InChI is InChI=1S/C24H28FN5O3S/c1-5-29(14-21(31)26-16(2)3)22(32)15-34-24-28-27-23(17-10-12-18(33-4)13-11-17)30(24)20-9-7-6-8-19(20)25/h6-13,16H,5,14-15H2,1-4H3,(H,26,31). The highest BCUT2D eigenvalue weighted by Gasteiger charge is 2.22. The average Bonchev–Trinajstić information content (AvgIpc) is 3.24. The molecule has 10 heteroatoms. The highest BCUT2D eigenvalue weighted by atomic mass is 32.2. The molecule has 0 fully saturated rings. The lowest BCUT2D eigenvalue weighted by atomic mass is 10.2. The van der Waals surface area contributed by atoms with Crippen LogP contribution in [0.5, 0.6) is 5.75 Å². The molecule has 2 amide bonds. The number of hydrogen-bond acceptors (Lipinski definition) is 6. The summed E-state index contributed by atoms with van der Waals surface area (Å²) in [6.45, 7) is 5.91. The molecule has 0 bridgehead atoms. The molecule has 1 N–H and O–H groups in total. The molecule has 8 nitrogen and oxygen atoms in total. The van der Waals surface area contributed by atoms with Gasteiger partial charge in [0.15, 0.2) is 11.0 Å². The van der Waals surface area contributed by atoms with Gasteiger partial charge in [0.05, 0.1) is 25.1 Å². The quantitative estimate of drug-likeness (QED) is 0.442. The van der Waals surface area contributed by atoms with E-state index in [9.17, 15) is 14.0 Å². The van der Waals surface area contributed by atoms with E-state index >= 15 is 0 Å². The lowest BCUT2D eigenvalue weighted by Crippen LogP contribution is -2.43. The summed E-state index contributed by atoms with van der Waals surface area (Å²) in [5.41, 5.74) is 0.993. The number of thioether (sulfide) groups is 1. The zero-order valence-electron chi connectivity index (χ0n) is 19.6. The monoisotopic (exact) mass is 485 g/mol. The van der Waals surface area contributed by atoms with E-state index in [2.05, 4.69) is 15.5 Å². The van der Waals surface area contributed by atoms with Gasteiger partial charge in [-0.05, 0) is 57.2 Å². The van der Waals surface area contributed by atoms with Crippen molar-refractivity contribution in [3.05, 3.63) is 54.3 Å². The maximum absolute atomic E-state index is 14.8. The van der Waals surface area contributed by atoms with Crippen LogP contribution in [-0.2, 0) is 9.59 Å². The number of amides is 2. The Morgan fingerprint density at radius 1 is 1.15 bits per heavy atom. The van der Waals surface area contributed by atoms with Gasteiger partial charge in [-0.15, -0.1) is 10.2 Å². The van der Waals surface area contributed by atoms with Crippen molar-refractivity contribution in [3.8, 4) is 22.8 Å².